The Morgan fingerprint density at radius 1 is 1.60 bits per heavy atom. The van der Waals surface area contributed by atoms with Gasteiger partial charge in [-0.05, 0) is 12.1 Å². The number of nitrogens with zero attached hydrogens (tertiary/aromatic N) is 2. The number of halogens is 1. The normalized spacial score (nSPS) is 10.8. The van der Waals surface area contributed by atoms with Crippen molar-refractivity contribution in [1.82, 2.24) is 9.55 Å². The fraction of sp³-hybridized carbons (Fsp3) is 0.182. The van der Waals surface area contributed by atoms with E-state index >= 15 is 0 Å². The van der Waals surface area contributed by atoms with E-state index in [0.717, 1.165) is 16.6 Å². The van der Waals surface area contributed by atoms with Crippen LogP contribution in [-0.4, -0.2) is 14.7 Å². The van der Waals surface area contributed by atoms with Gasteiger partial charge in [0.25, 0.3) is 0 Å². The van der Waals surface area contributed by atoms with Crippen molar-refractivity contribution in [3.8, 4) is 0 Å². The van der Waals surface area contributed by atoms with Crippen LogP contribution in [0.2, 0.25) is 0 Å². The van der Waals surface area contributed by atoms with Gasteiger partial charge in [0.1, 0.15) is 5.65 Å². The van der Waals surface area contributed by atoms with Crippen LogP contribution < -0.4 is 0 Å². The lowest BCUT2D eigenvalue weighted by Crippen LogP contribution is -1.96. The Bertz CT molecular complexity index is 504. The Morgan fingerprint density at radius 2 is 2.40 bits per heavy atom. The average molecular weight is 223 g/mol. The third-order valence-corrected chi connectivity index (χ3v) is 2.35. The van der Waals surface area contributed by atoms with E-state index < -0.39 is 0 Å². The zero-order valence-corrected chi connectivity index (χ0v) is 8.91. The minimum absolute atomic E-state index is 0.00392. The molecule has 2 heterocycles. The van der Waals surface area contributed by atoms with Gasteiger partial charge in [-0.2, -0.15) is 0 Å². The van der Waals surface area contributed by atoms with Crippen LogP contribution in [0.15, 0.2) is 36.1 Å². The summed E-state index contributed by atoms with van der Waals surface area (Å²) >= 11 is 5.76. The van der Waals surface area contributed by atoms with Crippen LogP contribution in [0.25, 0.3) is 11.0 Å². The smallest absolute Gasteiger partial charge is 0.140 e. The molecule has 78 valence electrons. The van der Waals surface area contributed by atoms with Gasteiger partial charge < -0.3 is 9.67 Å². The predicted octanol–water partition coefficient (Wildman–Crippen LogP) is 2.28. The lowest BCUT2D eigenvalue weighted by atomic mass is 10.2. The van der Waals surface area contributed by atoms with E-state index in [2.05, 4.69) is 11.6 Å². The average Bonchev–Trinajstić information content (AvgIpc) is 2.56. The molecule has 0 radical (unpaired) electrons. The molecule has 2 aromatic heterocycles. The summed E-state index contributed by atoms with van der Waals surface area (Å²) in [5.74, 6) is 0. The zero-order valence-electron chi connectivity index (χ0n) is 8.15. The summed E-state index contributed by atoms with van der Waals surface area (Å²) in [6.45, 7) is 4.16. The number of aliphatic hydroxyl groups excluding tert-OH is 1. The lowest BCUT2D eigenvalue weighted by Gasteiger charge is -2.01. The summed E-state index contributed by atoms with van der Waals surface area (Å²) < 4.78 is 1.89. The van der Waals surface area contributed by atoms with Crippen molar-refractivity contribution in [3.05, 3.63) is 41.7 Å². The van der Waals surface area contributed by atoms with E-state index in [-0.39, 0.29) is 6.61 Å². The lowest BCUT2D eigenvalue weighted by molar-refractivity contribution is 0.283. The topological polar surface area (TPSA) is 38.0 Å². The molecular formula is C11H11ClN2O. The van der Waals surface area contributed by atoms with Crippen molar-refractivity contribution in [1.29, 1.82) is 0 Å². The van der Waals surface area contributed by atoms with Gasteiger partial charge in [0.05, 0.1) is 13.2 Å². The minimum atomic E-state index is 0.00392. The maximum Gasteiger partial charge on any atom is 0.140 e. The first kappa shape index (κ1) is 10.2. The fourth-order valence-corrected chi connectivity index (χ4v) is 1.76. The van der Waals surface area contributed by atoms with Gasteiger partial charge >= 0.3 is 0 Å². The summed E-state index contributed by atoms with van der Waals surface area (Å²) in [6.07, 6.45) is 3.57. The highest BCUT2D eigenvalue weighted by molar-refractivity contribution is 6.29. The number of aliphatic hydroxyl groups is 1. The third-order valence-electron chi connectivity index (χ3n) is 2.23. The molecule has 2 rings (SSSR count). The number of rotatable bonds is 3. The molecule has 0 aromatic carbocycles. The highest BCUT2D eigenvalue weighted by Gasteiger charge is 2.08. The van der Waals surface area contributed by atoms with Crippen LogP contribution in [0.1, 0.15) is 5.56 Å². The van der Waals surface area contributed by atoms with Gasteiger partial charge in [-0.3, -0.25) is 0 Å². The zero-order chi connectivity index (χ0) is 10.8. The first-order valence-electron chi connectivity index (χ1n) is 4.59. The molecule has 0 saturated carbocycles. The minimum Gasteiger partial charge on any atom is -0.392 e. The van der Waals surface area contributed by atoms with Crippen LogP contribution in [0.3, 0.4) is 0 Å². The molecule has 2 aromatic rings. The Hall–Kier alpha value is -1.32. The molecule has 0 amide bonds. The van der Waals surface area contributed by atoms with Crippen LogP contribution >= 0.6 is 11.6 Å². The summed E-state index contributed by atoms with van der Waals surface area (Å²) in [4.78, 5) is 4.25. The number of fused-ring (bicyclic) bond motifs is 1. The molecular weight excluding hydrogens is 212 g/mol. The monoisotopic (exact) mass is 222 g/mol. The van der Waals surface area contributed by atoms with E-state index in [4.69, 9.17) is 11.6 Å². The molecule has 0 aliphatic rings. The van der Waals surface area contributed by atoms with Gasteiger partial charge in [0.2, 0.25) is 0 Å². The van der Waals surface area contributed by atoms with Crippen molar-refractivity contribution in [2.24, 2.45) is 0 Å². The van der Waals surface area contributed by atoms with E-state index in [1.807, 2.05) is 22.9 Å². The molecule has 0 bridgehead atoms. The molecule has 0 atom stereocenters. The number of pyridine rings is 1. The highest BCUT2D eigenvalue weighted by Crippen LogP contribution is 2.20. The van der Waals surface area contributed by atoms with Crippen molar-refractivity contribution in [2.75, 3.05) is 0 Å². The van der Waals surface area contributed by atoms with Gasteiger partial charge in [0, 0.05) is 28.4 Å². The number of allylic oxidation sites excluding steroid dienone is 1. The van der Waals surface area contributed by atoms with E-state index in [9.17, 15) is 5.11 Å². The summed E-state index contributed by atoms with van der Waals surface area (Å²) in [5.41, 5.74) is 1.68. The summed E-state index contributed by atoms with van der Waals surface area (Å²) in [7, 11) is 0. The molecule has 3 nitrogen and oxygen atoms in total. The van der Waals surface area contributed by atoms with Crippen molar-refractivity contribution in [2.45, 2.75) is 13.2 Å². The summed E-state index contributed by atoms with van der Waals surface area (Å²) in [6, 6.07) is 3.78. The van der Waals surface area contributed by atoms with E-state index in [1.165, 1.54) is 0 Å². The summed E-state index contributed by atoms with van der Waals surface area (Å²) in [5, 5.41) is 10.7. The molecule has 0 aliphatic heterocycles. The molecule has 1 N–H and O–H groups in total. The van der Waals surface area contributed by atoms with Crippen molar-refractivity contribution in [3.63, 3.8) is 0 Å². The molecule has 15 heavy (non-hydrogen) atoms. The Kier molecular flexibility index (Phi) is 2.75. The second-order valence-electron chi connectivity index (χ2n) is 3.33. The maximum absolute atomic E-state index is 9.19. The Labute approximate surface area is 92.6 Å². The maximum atomic E-state index is 9.19. The number of hydrogen-bond donors (Lipinski definition) is 1. The van der Waals surface area contributed by atoms with Crippen LogP contribution in [0, 0.1) is 0 Å². The van der Waals surface area contributed by atoms with E-state index in [1.54, 1.807) is 6.20 Å². The second kappa shape index (κ2) is 4.04. The largest absolute Gasteiger partial charge is 0.392 e. The number of aromatic nitrogens is 2. The standard InChI is InChI=1S/C11H11ClN2O/c1-8(12)5-14-6-9(7-15)10-3-2-4-13-11(10)14/h2-4,6,15H,1,5,7H2. The molecule has 0 spiro atoms. The van der Waals surface area contributed by atoms with E-state index in [0.29, 0.717) is 11.6 Å². The Morgan fingerprint density at radius 3 is 3.07 bits per heavy atom. The third kappa shape index (κ3) is 1.89. The molecule has 0 fully saturated rings. The molecule has 4 heteroatoms. The quantitative estimate of drug-likeness (QED) is 0.865. The highest BCUT2D eigenvalue weighted by atomic mass is 35.5. The SMILES string of the molecule is C=C(Cl)Cn1cc(CO)c2cccnc21. The van der Waals surface area contributed by atoms with Gasteiger partial charge in [0.15, 0.2) is 0 Å². The first-order chi connectivity index (χ1) is 7.22. The number of hydrogen-bond acceptors (Lipinski definition) is 2. The second-order valence-corrected chi connectivity index (χ2v) is 3.87. The van der Waals surface area contributed by atoms with Crippen molar-refractivity contribution >= 4 is 22.6 Å². The van der Waals surface area contributed by atoms with Gasteiger partial charge in [-0.1, -0.05) is 18.2 Å². The van der Waals surface area contributed by atoms with Gasteiger partial charge in [-0.15, -0.1) is 0 Å². The van der Waals surface area contributed by atoms with Crippen molar-refractivity contribution < 1.29 is 5.11 Å². The van der Waals surface area contributed by atoms with Gasteiger partial charge in [-0.25, -0.2) is 4.98 Å². The predicted molar refractivity (Wildman–Crippen MR) is 60.6 cm³/mol. The fourth-order valence-electron chi connectivity index (χ4n) is 1.63. The molecule has 0 unspecified atom stereocenters. The first-order valence-corrected chi connectivity index (χ1v) is 4.97. The van der Waals surface area contributed by atoms with Crippen LogP contribution in [0.5, 0.6) is 0 Å². The molecule has 0 aliphatic carbocycles. The van der Waals surface area contributed by atoms with Crippen LogP contribution in [0.4, 0.5) is 0 Å². The van der Waals surface area contributed by atoms with Crippen LogP contribution in [-0.2, 0) is 13.2 Å². The molecule has 0 saturated heterocycles. The Balaban J connectivity index is 2.59.